The van der Waals surface area contributed by atoms with E-state index in [0.29, 0.717) is 0 Å². The van der Waals surface area contributed by atoms with E-state index in [9.17, 15) is 14.1 Å². The average Bonchev–Trinajstić information content (AvgIpc) is 2.28. The van der Waals surface area contributed by atoms with Crippen molar-refractivity contribution in [2.24, 2.45) is 0 Å². The molecule has 0 heterocycles. The van der Waals surface area contributed by atoms with Gasteiger partial charge in [-0.2, -0.15) is 0 Å². The minimum Gasteiger partial charge on any atom is -0.387 e. The normalized spacial score (nSPS) is 38.9. The van der Waals surface area contributed by atoms with Crippen molar-refractivity contribution < 1.29 is 28.6 Å². The number of halogens is 1. The van der Waals surface area contributed by atoms with E-state index < -0.39 is 32.3 Å². The predicted molar refractivity (Wildman–Crippen MR) is 49.6 cm³/mol. The first kappa shape index (κ1) is 12.1. The number of alkyl halides is 1. The Morgan fingerprint density at radius 1 is 1.57 bits per heavy atom. The van der Waals surface area contributed by atoms with Crippen molar-refractivity contribution in [3.8, 4) is 0 Å². The van der Waals surface area contributed by atoms with Crippen molar-refractivity contribution in [3.05, 3.63) is 0 Å². The van der Waals surface area contributed by atoms with Gasteiger partial charge in [0.25, 0.3) is 0 Å². The topological polar surface area (TPSA) is 87.0 Å². The van der Waals surface area contributed by atoms with Crippen molar-refractivity contribution in [2.45, 2.75) is 30.6 Å². The molecule has 0 aromatic heterocycles. The zero-order chi connectivity index (χ0) is 10.9. The van der Waals surface area contributed by atoms with Crippen molar-refractivity contribution in [1.82, 2.24) is 0 Å². The molecule has 1 aliphatic carbocycles. The van der Waals surface area contributed by atoms with E-state index in [1.54, 1.807) is 7.85 Å². The molecule has 0 spiro atoms. The summed E-state index contributed by atoms with van der Waals surface area (Å²) >= 11 is 0. The zero-order valence-electron chi connectivity index (χ0n) is 7.71. The van der Waals surface area contributed by atoms with Crippen molar-refractivity contribution >= 4 is 15.4 Å². The molecular formula is C6H13BFO5P. The molecule has 0 aliphatic heterocycles. The van der Waals surface area contributed by atoms with Gasteiger partial charge in [-0.3, -0.25) is 4.57 Å². The molecule has 8 heteroatoms. The molecular weight excluding hydrogens is 213 g/mol. The first-order valence-corrected chi connectivity index (χ1v) is 6.09. The number of hydrogen-bond acceptors (Lipinski definition) is 3. The molecule has 1 aliphatic rings. The minimum atomic E-state index is -4.24. The molecule has 82 valence electrons. The quantitative estimate of drug-likeness (QED) is 0.425. The van der Waals surface area contributed by atoms with Gasteiger partial charge < -0.3 is 19.6 Å². The van der Waals surface area contributed by atoms with Crippen LogP contribution in [0.2, 0.25) is 5.82 Å². The van der Waals surface area contributed by atoms with Crippen LogP contribution in [0.25, 0.3) is 0 Å². The lowest BCUT2D eigenvalue weighted by Crippen LogP contribution is -2.29. The van der Waals surface area contributed by atoms with Crippen molar-refractivity contribution in [1.29, 1.82) is 0 Å². The van der Waals surface area contributed by atoms with Gasteiger partial charge in [0.2, 0.25) is 0 Å². The average molecular weight is 226 g/mol. The number of ether oxygens (including phenoxy) is 1. The summed E-state index contributed by atoms with van der Waals surface area (Å²) in [6, 6.07) is 0. The van der Waals surface area contributed by atoms with Crippen LogP contribution in [-0.2, 0) is 9.30 Å². The van der Waals surface area contributed by atoms with Gasteiger partial charge in [-0.25, -0.2) is 4.39 Å². The van der Waals surface area contributed by atoms with Crippen LogP contribution in [0.5, 0.6) is 0 Å². The second-order valence-electron chi connectivity index (χ2n) is 3.65. The number of aliphatic hydroxyl groups is 1. The Hall–Kier alpha value is 0.0649. The van der Waals surface area contributed by atoms with Crippen molar-refractivity contribution in [3.63, 3.8) is 0 Å². The lowest BCUT2D eigenvalue weighted by atomic mass is 9.85. The summed E-state index contributed by atoms with van der Waals surface area (Å²) in [5.74, 6) is -0.341. The SMILES string of the molecule is BC1CC(OCP(=O)(O)O)C(O)C1F. The third kappa shape index (κ3) is 3.03. The molecule has 1 rings (SSSR count). The highest BCUT2D eigenvalue weighted by Gasteiger charge is 2.41. The number of rotatable bonds is 3. The highest BCUT2D eigenvalue weighted by atomic mass is 31.2. The van der Waals surface area contributed by atoms with Crippen LogP contribution in [0.1, 0.15) is 6.42 Å². The lowest BCUT2D eigenvalue weighted by molar-refractivity contribution is -0.0256. The van der Waals surface area contributed by atoms with E-state index in [4.69, 9.17) is 14.5 Å². The van der Waals surface area contributed by atoms with Gasteiger partial charge in [0.15, 0.2) is 0 Å². The van der Waals surface area contributed by atoms with Crippen molar-refractivity contribution in [2.75, 3.05) is 6.35 Å². The maximum Gasteiger partial charge on any atom is 0.350 e. The largest absolute Gasteiger partial charge is 0.387 e. The van der Waals surface area contributed by atoms with E-state index >= 15 is 0 Å². The standard InChI is InChI=1S/C6H13BFO5P/c7-3-1-4(6(9)5(3)8)13-2-14(10,11)12/h3-6,9H,1-2,7H2,(H2,10,11,12). The first-order valence-electron chi connectivity index (χ1n) is 4.29. The Bertz CT molecular complexity index is 246. The van der Waals surface area contributed by atoms with Crippen LogP contribution in [0.3, 0.4) is 0 Å². The van der Waals surface area contributed by atoms with Gasteiger partial charge in [-0.1, -0.05) is 0 Å². The smallest absolute Gasteiger partial charge is 0.350 e. The van der Waals surface area contributed by atoms with Crippen LogP contribution in [0.15, 0.2) is 0 Å². The maximum absolute atomic E-state index is 13.1. The summed E-state index contributed by atoms with van der Waals surface area (Å²) in [4.78, 5) is 17.0. The van der Waals surface area contributed by atoms with E-state index in [-0.39, 0.29) is 12.2 Å². The predicted octanol–water partition coefficient (Wildman–Crippen LogP) is -0.969. The Labute approximate surface area is 81.8 Å². The monoisotopic (exact) mass is 226 g/mol. The van der Waals surface area contributed by atoms with Crippen LogP contribution >= 0.6 is 7.60 Å². The fourth-order valence-electron chi connectivity index (χ4n) is 1.54. The lowest BCUT2D eigenvalue weighted by Gasteiger charge is -2.16. The molecule has 5 nitrogen and oxygen atoms in total. The molecule has 0 radical (unpaired) electrons. The van der Waals surface area contributed by atoms with Gasteiger partial charge in [0, 0.05) is 0 Å². The van der Waals surface area contributed by atoms with Gasteiger partial charge in [-0.05, 0) is 12.2 Å². The fraction of sp³-hybridized carbons (Fsp3) is 1.00. The Morgan fingerprint density at radius 2 is 2.14 bits per heavy atom. The molecule has 4 unspecified atom stereocenters. The highest BCUT2D eigenvalue weighted by Crippen LogP contribution is 2.38. The molecule has 0 bridgehead atoms. The summed E-state index contributed by atoms with van der Waals surface area (Å²) in [5, 5.41) is 9.27. The van der Waals surface area contributed by atoms with E-state index in [0.717, 1.165) is 0 Å². The third-order valence-corrected chi connectivity index (χ3v) is 2.80. The molecule has 0 aromatic carbocycles. The molecule has 14 heavy (non-hydrogen) atoms. The van der Waals surface area contributed by atoms with Crippen LogP contribution in [0.4, 0.5) is 4.39 Å². The van der Waals surface area contributed by atoms with Crippen LogP contribution in [0, 0.1) is 0 Å². The zero-order valence-corrected chi connectivity index (χ0v) is 8.60. The molecule has 4 atom stereocenters. The second kappa shape index (κ2) is 4.29. The number of aliphatic hydroxyl groups excluding tert-OH is 1. The molecule has 1 saturated carbocycles. The van der Waals surface area contributed by atoms with Gasteiger partial charge >= 0.3 is 7.60 Å². The summed E-state index contributed by atoms with van der Waals surface area (Å²) in [7, 11) is -2.62. The van der Waals surface area contributed by atoms with E-state index in [1.165, 1.54) is 0 Å². The molecule has 0 aromatic rings. The highest BCUT2D eigenvalue weighted by molar-refractivity contribution is 7.51. The van der Waals surface area contributed by atoms with E-state index in [2.05, 4.69) is 0 Å². The Kier molecular flexibility index (Phi) is 3.72. The van der Waals surface area contributed by atoms with Gasteiger partial charge in [0.05, 0.1) is 6.10 Å². The summed E-state index contributed by atoms with van der Waals surface area (Å²) < 4.78 is 28.3. The summed E-state index contributed by atoms with van der Waals surface area (Å²) in [6.45, 7) is 0. The molecule has 0 saturated heterocycles. The third-order valence-electron chi connectivity index (χ3n) is 2.31. The Morgan fingerprint density at radius 3 is 2.50 bits per heavy atom. The van der Waals surface area contributed by atoms with Crippen LogP contribution in [-0.4, -0.2) is 47.5 Å². The number of hydrogen-bond donors (Lipinski definition) is 3. The first-order chi connectivity index (χ1) is 6.31. The fourth-order valence-corrected chi connectivity index (χ4v) is 1.92. The molecule has 1 fully saturated rings. The van der Waals surface area contributed by atoms with E-state index in [1.807, 2.05) is 0 Å². The summed E-state index contributed by atoms with van der Waals surface area (Å²) in [6.07, 6.45) is -3.96. The minimum absolute atomic E-state index is 0.280. The molecule has 0 amide bonds. The second-order valence-corrected chi connectivity index (χ2v) is 5.23. The van der Waals surface area contributed by atoms with Crippen LogP contribution < -0.4 is 0 Å². The molecule has 3 N–H and O–H groups in total. The Balaban J connectivity index is 2.44. The van der Waals surface area contributed by atoms with Gasteiger partial charge in [0.1, 0.15) is 26.5 Å². The van der Waals surface area contributed by atoms with Gasteiger partial charge in [-0.15, -0.1) is 0 Å². The summed E-state index contributed by atoms with van der Waals surface area (Å²) in [5.41, 5.74) is 0. The maximum atomic E-state index is 13.1.